The number of piperidine rings is 1. The minimum atomic E-state index is -0.614. The largest absolute Gasteiger partial charge is 0.465 e. The number of fused-ring (bicyclic) bond motifs is 4. The Morgan fingerprint density at radius 1 is 1.13 bits per heavy atom. The molecule has 2 aliphatic heterocycles. The molecule has 10 nitrogen and oxygen atoms in total. The van der Waals surface area contributed by atoms with Crippen LogP contribution in [-0.4, -0.2) is 82.5 Å². The molecule has 2 fully saturated rings. The van der Waals surface area contributed by atoms with Gasteiger partial charge in [-0.2, -0.15) is 5.10 Å². The number of esters is 1. The number of nitrogens with zero attached hydrogens (tertiary/aromatic N) is 5. The van der Waals surface area contributed by atoms with E-state index in [0.29, 0.717) is 31.0 Å². The van der Waals surface area contributed by atoms with Gasteiger partial charge in [0.15, 0.2) is 0 Å². The number of nitrogens with one attached hydrogen (secondary N) is 1. The molecule has 4 aromatic rings. The molecule has 5 heterocycles. The minimum Gasteiger partial charge on any atom is -0.465 e. The Balaban J connectivity index is 1.09. The van der Waals surface area contributed by atoms with Crippen molar-refractivity contribution in [3.63, 3.8) is 0 Å². The second-order valence-corrected chi connectivity index (χ2v) is 18.9. The first kappa shape index (κ1) is 29.6. The van der Waals surface area contributed by atoms with Crippen LogP contribution >= 0.6 is 10.0 Å². The lowest BCUT2D eigenvalue weighted by atomic mass is 9.96. The second-order valence-electron chi connectivity index (χ2n) is 14.3. The van der Waals surface area contributed by atoms with E-state index in [1.54, 1.807) is 6.07 Å². The Hall–Kier alpha value is -3.83. The Labute approximate surface area is 270 Å². The number of carbonyl (C=O) groups excluding carboxylic acids is 2. The molecule has 4 aliphatic rings. The first-order chi connectivity index (χ1) is 22.1. The Morgan fingerprint density at radius 2 is 1.93 bits per heavy atom. The molecule has 2 aliphatic carbocycles. The molecule has 0 radical (unpaired) electrons. The number of hydrogen-bond acceptors (Lipinski definition) is 7. The molecule has 2 unspecified atom stereocenters. The zero-order chi connectivity index (χ0) is 31.9. The molecular weight excluding hydrogens is 600 g/mol. The average molecular weight is 643 g/mol. The summed E-state index contributed by atoms with van der Waals surface area (Å²) >= 11 is 0. The van der Waals surface area contributed by atoms with E-state index in [1.165, 1.54) is 19.1 Å². The van der Waals surface area contributed by atoms with Crippen molar-refractivity contribution in [3.8, 4) is 11.3 Å². The van der Waals surface area contributed by atoms with Crippen LogP contribution in [0, 0.1) is 18.8 Å². The number of amides is 1. The van der Waals surface area contributed by atoms with Crippen molar-refractivity contribution < 1.29 is 19.1 Å². The summed E-state index contributed by atoms with van der Waals surface area (Å²) in [6.07, 6.45) is 11.8. The van der Waals surface area contributed by atoms with Crippen molar-refractivity contribution in [1.82, 2.24) is 24.6 Å². The van der Waals surface area contributed by atoms with E-state index in [1.807, 2.05) is 16.9 Å². The van der Waals surface area contributed by atoms with Gasteiger partial charge in [0.05, 0.1) is 47.8 Å². The topological polar surface area (TPSA) is 104 Å². The highest BCUT2D eigenvalue weighted by Gasteiger charge is 2.45. The van der Waals surface area contributed by atoms with Crippen molar-refractivity contribution in [3.05, 3.63) is 64.1 Å². The van der Waals surface area contributed by atoms with Gasteiger partial charge in [0, 0.05) is 48.2 Å². The summed E-state index contributed by atoms with van der Waals surface area (Å²) in [6, 6.07) is 7.72. The van der Waals surface area contributed by atoms with Gasteiger partial charge in [-0.3, -0.25) is 4.79 Å². The van der Waals surface area contributed by atoms with E-state index in [2.05, 4.69) is 52.6 Å². The summed E-state index contributed by atoms with van der Waals surface area (Å²) in [6.45, 7) is 5.92. The fourth-order valence-electron chi connectivity index (χ4n) is 7.53. The molecule has 1 amide bonds. The normalized spacial score (nSPS) is 21.2. The van der Waals surface area contributed by atoms with Gasteiger partial charge in [-0.05, 0) is 86.1 Å². The van der Waals surface area contributed by atoms with E-state index >= 15 is 0 Å². The average Bonchev–Trinajstić information content (AvgIpc) is 3.36. The molecular formula is C35H42N6O4S. The van der Waals surface area contributed by atoms with Crippen LogP contribution in [0.5, 0.6) is 0 Å². The Kier molecular flexibility index (Phi) is 6.99. The van der Waals surface area contributed by atoms with Crippen LogP contribution in [0.25, 0.3) is 22.2 Å². The molecule has 3 aromatic heterocycles. The number of pyridine rings is 1. The standard InChI is InChI=1S/C35H42N6O4S/c1-20-25-7-8-29(32(25)38-41(20)19-45-10-11-46(3,4)5)36-34(42)28-18-40-15-21-6-9-30(39-16-23-12-24(23)17-39)37-31(21)27-14-22(35(43)44-2)13-26(28)33(27)40/h6,9,13-14,18,23-24,29H,7-8,10-12,15-17,19H2,1-5H3,(H,36,42)/t23?,24?,29-/m1/s1. The third-order valence-corrected chi connectivity index (χ3v) is 11.6. The van der Waals surface area contributed by atoms with E-state index < -0.39 is 16.0 Å². The third kappa shape index (κ3) is 5.08. The SMILES string of the molecule is COC(=O)c1cc2c3c(c1)c(C(=O)N[C@@H]1CCc4c1nn(COCCS(C)(C)C)c4C)cn3Cc1ccc(N3CC4CC4C3)nc1-2. The molecule has 1 saturated carbocycles. The van der Waals surface area contributed by atoms with E-state index in [-0.39, 0.29) is 11.9 Å². The van der Waals surface area contributed by atoms with Crippen LogP contribution in [0.2, 0.25) is 0 Å². The van der Waals surface area contributed by atoms with Gasteiger partial charge < -0.3 is 24.3 Å². The van der Waals surface area contributed by atoms with Gasteiger partial charge in [0.2, 0.25) is 0 Å². The van der Waals surface area contributed by atoms with Gasteiger partial charge in [0.25, 0.3) is 5.91 Å². The first-order valence-corrected chi connectivity index (χ1v) is 19.2. The van der Waals surface area contributed by atoms with Crippen LogP contribution in [0.4, 0.5) is 5.82 Å². The van der Waals surface area contributed by atoms with Crippen molar-refractivity contribution >= 4 is 38.6 Å². The molecule has 1 N–H and O–H groups in total. The summed E-state index contributed by atoms with van der Waals surface area (Å²) in [4.78, 5) is 34.5. The molecule has 1 aromatic carbocycles. The maximum atomic E-state index is 14.0. The molecule has 1 saturated heterocycles. The third-order valence-electron chi connectivity index (χ3n) is 10.2. The Morgan fingerprint density at radius 3 is 2.70 bits per heavy atom. The smallest absolute Gasteiger partial charge is 0.337 e. The summed E-state index contributed by atoms with van der Waals surface area (Å²) in [5.74, 6) is 3.02. The lowest BCUT2D eigenvalue weighted by molar-refractivity contribution is 0.0600. The minimum absolute atomic E-state index is 0.179. The quantitative estimate of drug-likeness (QED) is 0.180. The van der Waals surface area contributed by atoms with Gasteiger partial charge in [0.1, 0.15) is 12.5 Å². The maximum Gasteiger partial charge on any atom is 0.337 e. The molecule has 46 heavy (non-hydrogen) atoms. The highest BCUT2D eigenvalue weighted by Crippen LogP contribution is 2.47. The lowest BCUT2D eigenvalue weighted by Gasteiger charge is -2.24. The molecule has 0 bridgehead atoms. The zero-order valence-electron chi connectivity index (χ0n) is 27.3. The number of hydrogen-bond donors (Lipinski definition) is 1. The van der Waals surface area contributed by atoms with Crippen molar-refractivity contribution in [2.24, 2.45) is 11.8 Å². The number of aromatic nitrogens is 4. The highest BCUT2D eigenvalue weighted by molar-refractivity contribution is 8.32. The van der Waals surface area contributed by atoms with Crippen LogP contribution in [0.1, 0.15) is 62.1 Å². The van der Waals surface area contributed by atoms with Gasteiger partial charge in [-0.1, -0.05) is 6.07 Å². The maximum absolute atomic E-state index is 14.0. The highest BCUT2D eigenvalue weighted by atomic mass is 32.3. The first-order valence-electron chi connectivity index (χ1n) is 16.2. The molecule has 3 atom stereocenters. The second kappa shape index (κ2) is 10.9. The summed E-state index contributed by atoms with van der Waals surface area (Å²) in [7, 11) is 0.770. The predicted octanol–water partition coefficient (Wildman–Crippen LogP) is 4.90. The van der Waals surface area contributed by atoms with Crippen LogP contribution in [0.15, 0.2) is 30.5 Å². The number of ether oxygens (including phenoxy) is 2. The molecule has 8 rings (SSSR count). The summed E-state index contributed by atoms with van der Waals surface area (Å²) in [5, 5.41) is 8.90. The summed E-state index contributed by atoms with van der Waals surface area (Å²) < 4.78 is 15.2. The van der Waals surface area contributed by atoms with E-state index in [9.17, 15) is 9.59 Å². The van der Waals surface area contributed by atoms with E-state index in [0.717, 1.165) is 88.4 Å². The van der Waals surface area contributed by atoms with Crippen molar-refractivity contribution in [2.45, 2.75) is 45.5 Å². The number of methoxy groups -OCH3 is 1. The monoisotopic (exact) mass is 642 g/mol. The van der Waals surface area contributed by atoms with Crippen LogP contribution in [-0.2, 0) is 29.2 Å². The van der Waals surface area contributed by atoms with Crippen molar-refractivity contribution in [2.75, 3.05) is 56.2 Å². The van der Waals surface area contributed by atoms with Gasteiger partial charge in [-0.15, -0.1) is 0 Å². The molecule has 0 spiro atoms. The van der Waals surface area contributed by atoms with Gasteiger partial charge >= 0.3 is 5.97 Å². The lowest BCUT2D eigenvalue weighted by Crippen LogP contribution is -2.27. The van der Waals surface area contributed by atoms with E-state index in [4.69, 9.17) is 19.6 Å². The van der Waals surface area contributed by atoms with Crippen molar-refractivity contribution in [1.29, 1.82) is 0 Å². The number of anilines is 1. The fraction of sp³-hybridized carbons (Fsp3) is 0.486. The van der Waals surface area contributed by atoms with Crippen LogP contribution in [0.3, 0.4) is 0 Å². The fourth-order valence-corrected chi connectivity index (χ4v) is 8.15. The zero-order valence-corrected chi connectivity index (χ0v) is 28.1. The van der Waals surface area contributed by atoms with Gasteiger partial charge in [-0.25, -0.2) is 24.5 Å². The number of carbonyl (C=O) groups is 2. The molecule has 11 heteroatoms. The molecule has 242 valence electrons. The number of rotatable bonds is 9. The summed E-state index contributed by atoms with van der Waals surface area (Å²) in [5.41, 5.74) is 7.87. The Bertz CT molecular complexity index is 1890. The van der Waals surface area contributed by atoms with Crippen LogP contribution < -0.4 is 10.2 Å². The number of benzene rings is 1. The predicted molar refractivity (Wildman–Crippen MR) is 181 cm³/mol.